The summed E-state index contributed by atoms with van der Waals surface area (Å²) < 4.78 is 6.24. The summed E-state index contributed by atoms with van der Waals surface area (Å²) in [6.45, 7) is 9.13. The normalized spacial score (nSPS) is 29.7. The molecule has 2 N–H and O–H groups in total. The Labute approximate surface area is 120 Å². The van der Waals surface area contributed by atoms with Crippen LogP contribution in [0, 0.1) is 11.8 Å². The van der Waals surface area contributed by atoms with E-state index < -0.39 is 0 Å². The van der Waals surface area contributed by atoms with Crippen molar-refractivity contribution in [2.75, 3.05) is 0 Å². The van der Waals surface area contributed by atoms with Crippen molar-refractivity contribution in [2.45, 2.75) is 97.3 Å². The molecule has 1 saturated carbocycles. The fourth-order valence-corrected chi connectivity index (χ4v) is 3.17. The number of nitrogens with two attached hydrogens (primary N) is 1. The second-order valence-corrected chi connectivity index (χ2v) is 6.82. The van der Waals surface area contributed by atoms with Gasteiger partial charge in [0, 0.05) is 6.04 Å². The molecule has 0 aromatic heterocycles. The largest absolute Gasteiger partial charge is 0.374 e. The van der Waals surface area contributed by atoms with Crippen molar-refractivity contribution in [2.24, 2.45) is 17.6 Å². The Bertz CT molecular complexity index is 229. The SMILES string of the molecule is CCCCCCC(C)OC1CC(C(C)C)CCC1N. The fraction of sp³-hybridized carbons (Fsp3) is 1.00. The summed E-state index contributed by atoms with van der Waals surface area (Å²) >= 11 is 0. The van der Waals surface area contributed by atoms with Crippen LogP contribution in [0.3, 0.4) is 0 Å². The molecule has 4 atom stereocenters. The van der Waals surface area contributed by atoms with Crippen LogP contribution in [0.4, 0.5) is 0 Å². The van der Waals surface area contributed by atoms with E-state index >= 15 is 0 Å². The van der Waals surface area contributed by atoms with Gasteiger partial charge >= 0.3 is 0 Å². The van der Waals surface area contributed by atoms with Crippen molar-refractivity contribution in [1.82, 2.24) is 0 Å². The molecule has 0 aliphatic heterocycles. The molecular formula is C17H35NO. The summed E-state index contributed by atoms with van der Waals surface area (Å²) in [6, 6.07) is 0.257. The summed E-state index contributed by atoms with van der Waals surface area (Å²) in [5.41, 5.74) is 6.24. The monoisotopic (exact) mass is 269 g/mol. The lowest BCUT2D eigenvalue weighted by Crippen LogP contribution is -2.44. The zero-order chi connectivity index (χ0) is 14.3. The number of unbranched alkanes of at least 4 members (excludes halogenated alkanes) is 3. The molecule has 0 bridgehead atoms. The van der Waals surface area contributed by atoms with Crippen LogP contribution < -0.4 is 5.73 Å². The van der Waals surface area contributed by atoms with Crippen molar-refractivity contribution in [3.63, 3.8) is 0 Å². The standard InChI is InChI=1S/C17H35NO/c1-5-6-7-8-9-14(4)19-17-12-15(13(2)3)10-11-16(17)18/h13-17H,5-12,18H2,1-4H3. The predicted octanol–water partition coefficient (Wildman–Crippen LogP) is 4.51. The highest BCUT2D eigenvalue weighted by molar-refractivity contribution is 4.85. The van der Waals surface area contributed by atoms with Gasteiger partial charge in [-0.1, -0.05) is 46.5 Å². The Morgan fingerprint density at radius 1 is 1.11 bits per heavy atom. The van der Waals surface area contributed by atoms with Crippen molar-refractivity contribution < 1.29 is 4.74 Å². The third kappa shape index (κ3) is 6.27. The molecule has 2 heteroatoms. The van der Waals surface area contributed by atoms with Gasteiger partial charge in [0.15, 0.2) is 0 Å². The first-order valence-corrected chi connectivity index (χ1v) is 8.45. The fourth-order valence-electron chi connectivity index (χ4n) is 3.17. The molecule has 0 saturated heterocycles. The predicted molar refractivity (Wildman–Crippen MR) is 83.2 cm³/mol. The van der Waals surface area contributed by atoms with Gasteiger partial charge in [-0.25, -0.2) is 0 Å². The van der Waals surface area contributed by atoms with E-state index in [0.717, 1.165) is 24.7 Å². The van der Waals surface area contributed by atoms with E-state index in [4.69, 9.17) is 10.5 Å². The van der Waals surface area contributed by atoms with Crippen LogP contribution in [-0.4, -0.2) is 18.2 Å². The molecular weight excluding hydrogens is 234 g/mol. The van der Waals surface area contributed by atoms with Crippen LogP contribution in [0.1, 0.15) is 79.1 Å². The average molecular weight is 269 g/mol. The Morgan fingerprint density at radius 2 is 1.84 bits per heavy atom. The smallest absolute Gasteiger partial charge is 0.0732 e. The maximum absolute atomic E-state index is 6.24. The third-order valence-electron chi connectivity index (χ3n) is 4.70. The van der Waals surface area contributed by atoms with Crippen LogP contribution >= 0.6 is 0 Å². The molecule has 0 heterocycles. The van der Waals surface area contributed by atoms with E-state index in [1.165, 1.54) is 38.5 Å². The van der Waals surface area contributed by atoms with Crippen molar-refractivity contribution in [3.05, 3.63) is 0 Å². The van der Waals surface area contributed by atoms with E-state index in [9.17, 15) is 0 Å². The highest BCUT2D eigenvalue weighted by Gasteiger charge is 2.31. The first-order chi connectivity index (χ1) is 9.04. The van der Waals surface area contributed by atoms with Gasteiger partial charge in [0.05, 0.1) is 12.2 Å². The number of hydrogen-bond donors (Lipinski definition) is 1. The van der Waals surface area contributed by atoms with Gasteiger partial charge in [-0.15, -0.1) is 0 Å². The molecule has 2 nitrogen and oxygen atoms in total. The maximum Gasteiger partial charge on any atom is 0.0732 e. The summed E-state index contributed by atoms with van der Waals surface area (Å²) in [5.74, 6) is 1.57. The first-order valence-electron chi connectivity index (χ1n) is 8.45. The summed E-state index contributed by atoms with van der Waals surface area (Å²) in [5, 5.41) is 0. The number of rotatable bonds is 8. The van der Waals surface area contributed by atoms with Crippen LogP contribution in [0.5, 0.6) is 0 Å². The third-order valence-corrected chi connectivity index (χ3v) is 4.70. The number of ether oxygens (including phenoxy) is 1. The van der Waals surface area contributed by atoms with Crippen molar-refractivity contribution in [1.29, 1.82) is 0 Å². The topological polar surface area (TPSA) is 35.2 Å². The van der Waals surface area contributed by atoms with Gasteiger partial charge in [-0.3, -0.25) is 0 Å². The van der Waals surface area contributed by atoms with Gasteiger partial charge in [0.1, 0.15) is 0 Å². The Hall–Kier alpha value is -0.0800. The molecule has 1 fully saturated rings. The quantitative estimate of drug-likeness (QED) is 0.658. The van der Waals surface area contributed by atoms with E-state index in [0.29, 0.717) is 12.2 Å². The molecule has 4 unspecified atom stereocenters. The van der Waals surface area contributed by atoms with Crippen LogP contribution in [0.25, 0.3) is 0 Å². The maximum atomic E-state index is 6.24. The van der Waals surface area contributed by atoms with Gasteiger partial charge in [-0.2, -0.15) is 0 Å². The molecule has 1 rings (SSSR count). The Balaban J connectivity index is 2.28. The minimum atomic E-state index is 0.257. The van der Waals surface area contributed by atoms with E-state index in [1.54, 1.807) is 0 Å². The van der Waals surface area contributed by atoms with Gasteiger partial charge in [0.2, 0.25) is 0 Å². The Morgan fingerprint density at radius 3 is 2.47 bits per heavy atom. The van der Waals surface area contributed by atoms with Crippen LogP contribution in [0.15, 0.2) is 0 Å². The Kier molecular flexibility index (Phi) is 8.01. The zero-order valence-electron chi connectivity index (χ0n) is 13.5. The molecule has 0 aromatic rings. The van der Waals surface area contributed by atoms with Gasteiger partial charge < -0.3 is 10.5 Å². The van der Waals surface area contributed by atoms with E-state index in [2.05, 4.69) is 27.7 Å². The highest BCUT2D eigenvalue weighted by atomic mass is 16.5. The second-order valence-electron chi connectivity index (χ2n) is 6.82. The average Bonchev–Trinajstić information content (AvgIpc) is 2.37. The minimum Gasteiger partial charge on any atom is -0.374 e. The summed E-state index contributed by atoms with van der Waals surface area (Å²) in [7, 11) is 0. The molecule has 1 aliphatic rings. The summed E-state index contributed by atoms with van der Waals surface area (Å²) in [6.07, 6.45) is 10.7. The van der Waals surface area contributed by atoms with Gasteiger partial charge in [-0.05, 0) is 44.4 Å². The highest BCUT2D eigenvalue weighted by Crippen LogP contribution is 2.31. The van der Waals surface area contributed by atoms with Crippen molar-refractivity contribution >= 4 is 0 Å². The molecule has 0 amide bonds. The lowest BCUT2D eigenvalue weighted by atomic mass is 9.78. The molecule has 0 aromatic carbocycles. The lowest BCUT2D eigenvalue weighted by molar-refractivity contribution is -0.0509. The van der Waals surface area contributed by atoms with E-state index in [-0.39, 0.29) is 6.04 Å². The van der Waals surface area contributed by atoms with Crippen molar-refractivity contribution in [3.8, 4) is 0 Å². The minimum absolute atomic E-state index is 0.257. The van der Waals surface area contributed by atoms with Crippen LogP contribution in [-0.2, 0) is 4.74 Å². The summed E-state index contributed by atoms with van der Waals surface area (Å²) in [4.78, 5) is 0. The first kappa shape index (κ1) is 17.0. The van der Waals surface area contributed by atoms with E-state index in [1.807, 2.05) is 0 Å². The van der Waals surface area contributed by atoms with Gasteiger partial charge in [0.25, 0.3) is 0 Å². The molecule has 0 radical (unpaired) electrons. The molecule has 19 heavy (non-hydrogen) atoms. The zero-order valence-corrected chi connectivity index (χ0v) is 13.5. The second kappa shape index (κ2) is 8.97. The molecule has 114 valence electrons. The van der Waals surface area contributed by atoms with Crippen LogP contribution in [0.2, 0.25) is 0 Å². The number of hydrogen-bond acceptors (Lipinski definition) is 2. The molecule has 1 aliphatic carbocycles. The lowest BCUT2D eigenvalue weighted by Gasteiger charge is -2.37. The molecule has 0 spiro atoms.